The van der Waals surface area contributed by atoms with Crippen LogP contribution in [-0.2, 0) is 10.0 Å². The first kappa shape index (κ1) is 11.8. The number of fused-ring (bicyclic) bond motifs is 1. The van der Waals surface area contributed by atoms with Gasteiger partial charge in [0.2, 0.25) is 10.0 Å². The average Bonchev–Trinajstić information content (AvgIpc) is 2.16. The van der Waals surface area contributed by atoms with Crippen molar-refractivity contribution in [1.29, 1.82) is 0 Å². The molecule has 0 aliphatic heterocycles. The van der Waals surface area contributed by atoms with E-state index in [9.17, 15) is 8.42 Å². The van der Waals surface area contributed by atoms with Crippen LogP contribution in [-0.4, -0.2) is 13.4 Å². The van der Waals surface area contributed by atoms with E-state index < -0.39 is 10.0 Å². The Morgan fingerprint density at radius 3 is 2.62 bits per heavy atom. The minimum atomic E-state index is -3.79. The maximum atomic E-state index is 11.4. The van der Waals surface area contributed by atoms with E-state index in [0.29, 0.717) is 15.2 Å². The number of hydrogen-bond donors (Lipinski definition) is 1. The SMILES string of the molecule is NS(=O)(=O)c1cc(Br)cc2cnc(Cl)cc12. The quantitative estimate of drug-likeness (QED) is 0.819. The Morgan fingerprint density at radius 1 is 1.31 bits per heavy atom. The third kappa shape index (κ3) is 2.20. The van der Waals surface area contributed by atoms with Crippen molar-refractivity contribution in [2.24, 2.45) is 5.14 Å². The Balaban J connectivity index is 2.96. The van der Waals surface area contributed by atoms with E-state index in [2.05, 4.69) is 20.9 Å². The van der Waals surface area contributed by atoms with Crippen LogP contribution >= 0.6 is 27.5 Å². The molecule has 7 heteroatoms. The monoisotopic (exact) mass is 320 g/mol. The van der Waals surface area contributed by atoms with Gasteiger partial charge >= 0.3 is 0 Å². The summed E-state index contributed by atoms with van der Waals surface area (Å²) in [5, 5.41) is 6.47. The van der Waals surface area contributed by atoms with Crippen LogP contribution in [0.4, 0.5) is 0 Å². The summed E-state index contributed by atoms with van der Waals surface area (Å²) >= 11 is 8.94. The lowest BCUT2D eigenvalue weighted by Gasteiger charge is -2.05. The highest BCUT2D eigenvalue weighted by atomic mass is 79.9. The molecular formula is C9H6BrClN2O2S. The second-order valence-corrected chi connectivity index (χ2v) is 6.01. The summed E-state index contributed by atoms with van der Waals surface area (Å²) in [5.41, 5.74) is 0. The van der Waals surface area contributed by atoms with E-state index in [-0.39, 0.29) is 10.0 Å². The number of nitrogens with two attached hydrogens (primary N) is 1. The summed E-state index contributed by atoms with van der Waals surface area (Å²) in [6, 6.07) is 4.66. The summed E-state index contributed by atoms with van der Waals surface area (Å²) < 4.78 is 23.4. The summed E-state index contributed by atoms with van der Waals surface area (Å²) in [6.45, 7) is 0. The van der Waals surface area contributed by atoms with Gasteiger partial charge in [0.25, 0.3) is 0 Å². The number of aromatic nitrogens is 1. The Labute approximate surface area is 106 Å². The van der Waals surface area contributed by atoms with Crippen molar-refractivity contribution in [3.05, 3.63) is 34.0 Å². The highest BCUT2D eigenvalue weighted by molar-refractivity contribution is 9.10. The van der Waals surface area contributed by atoms with Gasteiger partial charge < -0.3 is 0 Å². The number of pyridine rings is 1. The van der Waals surface area contributed by atoms with Gasteiger partial charge in [-0.3, -0.25) is 0 Å². The molecule has 1 heterocycles. The fraction of sp³-hybridized carbons (Fsp3) is 0. The van der Waals surface area contributed by atoms with Crippen LogP contribution in [0.15, 0.2) is 33.8 Å². The second-order valence-electron chi connectivity index (χ2n) is 3.18. The maximum absolute atomic E-state index is 11.4. The van der Waals surface area contributed by atoms with Crippen LogP contribution in [0, 0.1) is 0 Å². The van der Waals surface area contributed by atoms with Crippen LogP contribution < -0.4 is 5.14 Å². The third-order valence-corrected chi connectivity index (χ3v) is 3.65. The van der Waals surface area contributed by atoms with Crippen LogP contribution in [0.25, 0.3) is 10.8 Å². The van der Waals surface area contributed by atoms with Crippen LogP contribution in [0.1, 0.15) is 0 Å². The van der Waals surface area contributed by atoms with Crippen molar-refractivity contribution >= 4 is 48.3 Å². The standard InChI is InChI=1S/C9H6BrClN2O2S/c10-6-1-5-4-13-9(11)3-7(5)8(2-6)16(12,14)15/h1-4H,(H2,12,14,15). The molecule has 0 aliphatic carbocycles. The van der Waals surface area contributed by atoms with Crippen LogP contribution in [0.3, 0.4) is 0 Å². The molecule has 0 unspecified atom stereocenters. The lowest BCUT2D eigenvalue weighted by atomic mass is 10.2. The first-order valence-electron chi connectivity index (χ1n) is 4.15. The summed E-state index contributed by atoms with van der Waals surface area (Å²) in [5.74, 6) is 0. The molecular weight excluding hydrogens is 316 g/mol. The second kappa shape index (κ2) is 3.96. The molecule has 0 aliphatic rings. The van der Waals surface area contributed by atoms with Crippen LogP contribution in [0.5, 0.6) is 0 Å². The molecule has 2 N–H and O–H groups in total. The van der Waals surface area contributed by atoms with Gasteiger partial charge in [-0.1, -0.05) is 27.5 Å². The number of primary sulfonamides is 1. The minimum absolute atomic E-state index is 0.0289. The van der Waals surface area contributed by atoms with Crippen molar-refractivity contribution < 1.29 is 8.42 Å². The summed E-state index contributed by atoms with van der Waals surface area (Å²) in [6.07, 6.45) is 1.50. The molecule has 0 atom stereocenters. The van der Waals surface area contributed by atoms with Gasteiger partial charge in [0.05, 0.1) is 4.90 Å². The topological polar surface area (TPSA) is 73.1 Å². The maximum Gasteiger partial charge on any atom is 0.238 e. The van der Waals surface area contributed by atoms with Crippen molar-refractivity contribution in [2.45, 2.75) is 4.90 Å². The smallest absolute Gasteiger partial charge is 0.238 e. The van der Waals surface area contributed by atoms with Gasteiger partial charge in [-0.05, 0) is 18.2 Å². The molecule has 0 saturated carbocycles. The Hall–Kier alpha value is -0.690. The van der Waals surface area contributed by atoms with Gasteiger partial charge in [0, 0.05) is 21.4 Å². The zero-order valence-corrected chi connectivity index (χ0v) is 11.0. The van der Waals surface area contributed by atoms with Gasteiger partial charge in [-0.25, -0.2) is 18.5 Å². The zero-order valence-electron chi connectivity index (χ0n) is 7.81. The molecule has 16 heavy (non-hydrogen) atoms. The van der Waals surface area contributed by atoms with E-state index in [1.165, 1.54) is 18.3 Å². The summed E-state index contributed by atoms with van der Waals surface area (Å²) in [4.78, 5) is 3.91. The first-order valence-corrected chi connectivity index (χ1v) is 6.87. The Kier molecular flexibility index (Phi) is 2.91. The highest BCUT2D eigenvalue weighted by Crippen LogP contribution is 2.27. The number of hydrogen-bond acceptors (Lipinski definition) is 3. The number of benzene rings is 1. The highest BCUT2D eigenvalue weighted by Gasteiger charge is 2.14. The zero-order chi connectivity index (χ0) is 11.9. The van der Waals surface area contributed by atoms with Crippen molar-refractivity contribution in [3.63, 3.8) is 0 Å². The Bertz CT molecular complexity index is 673. The average molecular weight is 322 g/mol. The number of sulfonamides is 1. The van der Waals surface area contributed by atoms with E-state index in [4.69, 9.17) is 16.7 Å². The van der Waals surface area contributed by atoms with Gasteiger partial charge in [-0.2, -0.15) is 0 Å². The molecule has 0 bridgehead atoms. The van der Waals surface area contributed by atoms with E-state index >= 15 is 0 Å². The van der Waals surface area contributed by atoms with E-state index in [1.807, 2.05) is 0 Å². The fourth-order valence-electron chi connectivity index (χ4n) is 1.40. The molecule has 0 saturated heterocycles. The normalized spacial score (nSPS) is 11.9. The van der Waals surface area contributed by atoms with Gasteiger partial charge in [0.1, 0.15) is 5.15 Å². The predicted octanol–water partition coefficient (Wildman–Crippen LogP) is 2.30. The molecule has 0 spiro atoms. The van der Waals surface area contributed by atoms with E-state index in [1.54, 1.807) is 6.07 Å². The van der Waals surface area contributed by atoms with Crippen molar-refractivity contribution in [1.82, 2.24) is 4.98 Å². The third-order valence-electron chi connectivity index (χ3n) is 2.04. The molecule has 1 aromatic carbocycles. The number of nitrogens with zero attached hydrogens (tertiary/aromatic N) is 1. The molecule has 1 aromatic heterocycles. The molecule has 0 radical (unpaired) electrons. The predicted molar refractivity (Wildman–Crippen MR) is 65.8 cm³/mol. The van der Waals surface area contributed by atoms with Gasteiger partial charge in [0.15, 0.2) is 0 Å². The lowest BCUT2D eigenvalue weighted by molar-refractivity contribution is 0.598. The minimum Gasteiger partial charge on any atom is -0.244 e. The van der Waals surface area contributed by atoms with Crippen molar-refractivity contribution in [3.8, 4) is 0 Å². The first-order chi connectivity index (χ1) is 7.38. The molecule has 0 amide bonds. The Morgan fingerprint density at radius 2 is 2.00 bits per heavy atom. The number of rotatable bonds is 1. The molecule has 2 aromatic rings. The van der Waals surface area contributed by atoms with Crippen LogP contribution in [0.2, 0.25) is 5.15 Å². The lowest BCUT2D eigenvalue weighted by Crippen LogP contribution is -2.12. The molecule has 84 valence electrons. The molecule has 2 rings (SSSR count). The number of halogens is 2. The molecule has 0 fully saturated rings. The summed E-state index contributed by atoms with van der Waals surface area (Å²) in [7, 11) is -3.79. The van der Waals surface area contributed by atoms with Crippen molar-refractivity contribution in [2.75, 3.05) is 0 Å². The van der Waals surface area contributed by atoms with Gasteiger partial charge in [-0.15, -0.1) is 0 Å². The van der Waals surface area contributed by atoms with E-state index in [0.717, 1.165) is 0 Å². The largest absolute Gasteiger partial charge is 0.244 e. The molecule has 4 nitrogen and oxygen atoms in total. The fourth-order valence-corrected chi connectivity index (χ4v) is 2.96.